The summed E-state index contributed by atoms with van der Waals surface area (Å²) in [5.74, 6) is 0.827. The van der Waals surface area contributed by atoms with E-state index in [9.17, 15) is 5.11 Å². The van der Waals surface area contributed by atoms with Crippen molar-refractivity contribution in [2.75, 3.05) is 6.61 Å². The van der Waals surface area contributed by atoms with Gasteiger partial charge in [0.15, 0.2) is 0 Å². The Morgan fingerprint density at radius 2 is 2.00 bits per heavy atom. The average molecular weight is 280 g/mol. The van der Waals surface area contributed by atoms with Gasteiger partial charge in [0.05, 0.1) is 0 Å². The molecule has 1 heterocycles. The van der Waals surface area contributed by atoms with Crippen molar-refractivity contribution in [3.63, 3.8) is 0 Å². The molecule has 0 bridgehead atoms. The van der Waals surface area contributed by atoms with Crippen molar-refractivity contribution in [2.45, 2.75) is 59.3 Å². The molecule has 1 aliphatic carbocycles. The van der Waals surface area contributed by atoms with Crippen LogP contribution in [0.2, 0.25) is 0 Å². The molecular formula is C17H28OS. The molecule has 2 rings (SSSR count). The van der Waals surface area contributed by atoms with E-state index in [1.54, 1.807) is 11.3 Å². The average Bonchev–Trinajstić information content (AvgIpc) is 2.89. The molecule has 2 heteroatoms. The highest BCUT2D eigenvalue weighted by Crippen LogP contribution is 2.47. The van der Waals surface area contributed by atoms with E-state index < -0.39 is 0 Å². The fraction of sp³-hybridized carbons (Fsp3) is 0.765. The Labute approximate surface area is 122 Å². The second kappa shape index (κ2) is 5.97. The predicted molar refractivity (Wildman–Crippen MR) is 83.6 cm³/mol. The number of aliphatic hydroxyl groups excluding tert-OH is 1. The predicted octanol–water partition coefficient (Wildman–Crippen LogP) is 4.90. The number of thiophene rings is 1. The zero-order chi connectivity index (χ0) is 13.9. The summed E-state index contributed by atoms with van der Waals surface area (Å²) in [6.07, 6.45) is 7.26. The molecular weight excluding hydrogens is 252 g/mol. The van der Waals surface area contributed by atoms with Gasteiger partial charge in [0.1, 0.15) is 0 Å². The maximum Gasteiger partial charge on any atom is 0.0487 e. The maximum absolute atomic E-state index is 9.86. The summed E-state index contributed by atoms with van der Waals surface area (Å²) in [4.78, 5) is 0. The number of hydrogen-bond donors (Lipinski definition) is 1. The first-order valence-electron chi connectivity index (χ1n) is 7.57. The molecule has 1 N–H and O–H groups in total. The van der Waals surface area contributed by atoms with E-state index in [1.807, 2.05) is 0 Å². The molecule has 1 aromatic heterocycles. The van der Waals surface area contributed by atoms with Crippen LogP contribution in [0, 0.1) is 16.7 Å². The second-order valence-electron chi connectivity index (χ2n) is 7.43. The van der Waals surface area contributed by atoms with Gasteiger partial charge < -0.3 is 5.11 Å². The van der Waals surface area contributed by atoms with Crippen LogP contribution in [0.4, 0.5) is 0 Å². The van der Waals surface area contributed by atoms with Crippen molar-refractivity contribution < 1.29 is 5.11 Å². The molecule has 0 aromatic carbocycles. The summed E-state index contributed by atoms with van der Waals surface area (Å²) in [6, 6.07) is 2.22. The maximum atomic E-state index is 9.86. The van der Waals surface area contributed by atoms with Gasteiger partial charge in [-0.15, -0.1) is 0 Å². The Kier molecular flexibility index (Phi) is 4.73. The van der Waals surface area contributed by atoms with Crippen molar-refractivity contribution in [3.05, 3.63) is 22.4 Å². The molecule has 1 fully saturated rings. The molecule has 0 atom stereocenters. The van der Waals surface area contributed by atoms with Gasteiger partial charge in [0.2, 0.25) is 0 Å². The second-order valence-corrected chi connectivity index (χ2v) is 8.21. The van der Waals surface area contributed by atoms with Crippen LogP contribution in [-0.2, 0) is 6.42 Å². The van der Waals surface area contributed by atoms with Crippen molar-refractivity contribution in [2.24, 2.45) is 16.7 Å². The molecule has 0 aliphatic heterocycles. The van der Waals surface area contributed by atoms with Crippen LogP contribution in [0.3, 0.4) is 0 Å². The van der Waals surface area contributed by atoms with Crippen molar-refractivity contribution in [1.82, 2.24) is 0 Å². The molecule has 1 aromatic rings. The highest BCUT2D eigenvalue weighted by Gasteiger charge is 2.37. The summed E-state index contributed by atoms with van der Waals surface area (Å²) in [6.45, 7) is 7.44. The van der Waals surface area contributed by atoms with Gasteiger partial charge in [-0.2, -0.15) is 11.3 Å². The Bertz CT molecular complexity index is 366. The van der Waals surface area contributed by atoms with E-state index in [0.29, 0.717) is 12.0 Å². The van der Waals surface area contributed by atoms with E-state index in [1.165, 1.54) is 31.2 Å². The van der Waals surface area contributed by atoms with Crippen LogP contribution in [0.15, 0.2) is 16.8 Å². The third-order valence-corrected chi connectivity index (χ3v) is 5.86. The van der Waals surface area contributed by atoms with E-state index in [0.717, 1.165) is 18.8 Å². The van der Waals surface area contributed by atoms with Crippen LogP contribution in [0.5, 0.6) is 0 Å². The Balaban J connectivity index is 1.90. The molecule has 0 unspecified atom stereocenters. The molecule has 0 spiro atoms. The summed E-state index contributed by atoms with van der Waals surface area (Å²) in [5.41, 5.74) is 2.06. The van der Waals surface area contributed by atoms with Gasteiger partial charge in [0.25, 0.3) is 0 Å². The fourth-order valence-electron chi connectivity index (χ4n) is 3.43. The molecule has 1 aliphatic rings. The minimum absolute atomic E-state index is 0.198. The fourth-order valence-corrected chi connectivity index (χ4v) is 4.13. The van der Waals surface area contributed by atoms with Crippen LogP contribution in [0.25, 0.3) is 0 Å². The van der Waals surface area contributed by atoms with Crippen molar-refractivity contribution in [3.8, 4) is 0 Å². The minimum atomic E-state index is 0.198. The summed E-state index contributed by atoms with van der Waals surface area (Å²) >= 11 is 1.77. The number of rotatable bonds is 4. The molecule has 0 saturated heterocycles. The lowest BCUT2D eigenvalue weighted by atomic mass is 9.63. The van der Waals surface area contributed by atoms with E-state index in [4.69, 9.17) is 0 Å². The molecule has 0 radical (unpaired) electrons. The van der Waals surface area contributed by atoms with Crippen molar-refractivity contribution >= 4 is 11.3 Å². The van der Waals surface area contributed by atoms with E-state index >= 15 is 0 Å². The molecule has 1 saturated carbocycles. The van der Waals surface area contributed by atoms with Gasteiger partial charge in [0, 0.05) is 6.61 Å². The quantitative estimate of drug-likeness (QED) is 0.832. The molecule has 1 nitrogen and oxygen atoms in total. The Morgan fingerprint density at radius 1 is 1.32 bits per heavy atom. The Hall–Kier alpha value is -0.340. The number of aryl methyl sites for hydroxylation is 1. The van der Waals surface area contributed by atoms with Gasteiger partial charge in [-0.25, -0.2) is 0 Å². The monoisotopic (exact) mass is 280 g/mol. The van der Waals surface area contributed by atoms with Gasteiger partial charge in [-0.1, -0.05) is 20.8 Å². The van der Waals surface area contributed by atoms with E-state index in [-0.39, 0.29) is 5.41 Å². The SMILES string of the molecule is CC(C)(C)C1CCC(CO)(CCc2ccsc2)CC1. The zero-order valence-corrected chi connectivity index (χ0v) is 13.4. The first-order chi connectivity index (χ1) is 8.95. The van der Waals surface area contributed by atoms with Crippen LogP contribution in [-0.4, -0.2) is 11.7 Å². The highest BCUT2D eigenvalue weighted by atomic mass is 32.1. The van der Waals surface area contributed by atoms with Crippen LogP contribution < -0.4 is 0 Å². The van der Waals surface area contributed by atoms with E-state index in [2.05, 4.69) is 37.6 Å². The standard InChI is InChI=1S/C17H28OS/c1-16(2,3)15-5-9-17(13-18,10-6-15)8-4-14-7-11-19-12-14/h7,11-12,15,18H,4-6,8-10,13H2,1-3H3. The normalized spacial score (nSPS) is 28.5. The van der Waals surface area contributed by atoms with Crippen molar-refractivity contribution in [1.29, 1.82) is 0 Å². The lowest BCUT2D eigenvalue weighted by Gasteiger charge is -2.43. The molecule has 108 valence electrons. The van der Waals surface area contributed by atoms with Gasteiger partial charge in [-0.05, 0) is 77.7 Å². The van der Waals surface area contributed by atoms with Gasteiger partial charge >= 0.3 is 0 Å². The third-order valence-electron chi connectivity index (χ3n) is 5.13. The van der Waals surface area contributed by atoms with Crippen LogP contribution >= 0.6 is 11.3 Å². The summed E-state index contributed by atoms with van der Waals surface area (Å²) < 4.78 is 0. The first kappa shape index (κ1) is 15.1. The smallest absolute Gasteiger partial charge is 0.0487 e. The summed E-state index contributed by atoms with van der Waals surface area (Å²) in [5, 5.41) is 14.3. The highest BCUT2D eigenvalue weighted by molar-refractivity contribution is 7.07. The number of aliphatic hydroxyl groups is 1. The largest absolute Gasteiger partial charge is 0.396 e. The zero-order valence-electron chi connectivity index (χ0n) is 12.6. The minimum Gasteiger partial charge on any atom is -0.396 e. The lowest BCUT2D eigenvalue weighted by molar-refractivity contribution is 0.0306. The lowest BCUT2D eigenvalue weighted by Crippen LogP contribution is -2.35. The molecule has 0 amide bonds. The first-order valence-corrected chi connectivity index (χ1v) is 8.51. The third kappa shape index (κ3) is 3.82. The summed E-state index contributed by atoms with van der Waals surface area (Å²) in [7, 11) is 0. The Morgan fingerprint density at radius 3 is 2.47 bits per heavy atom. The van der Waals surface area contributed by atoms with Crippen LogP contribution in [0.1, 0.15) is 58.4 Å². The topological polar surface area (TPSA) is 20.2 Å². The van der Waals surface area contributed by atoms with Gasteiger partial charge in [-0.3, -0.25) is 0 Å². The number of hydrogen-bond acceptors (Lipinski definition) is 2. The molecule has 19 heavy (non-hydrogen) atoms.